The van der Waals surface area contributed by atoms with E-state index < -0.39 is 35.2 Å². The molecule has 0 fully saturated rings. The smallest absolute Gasteiger partial charge is 0.329 e. The minimum absolute atomic E-state index is 0.493. The molecule has 0 spiro atoms. The van der Waals surface area contributed by atoms with Gasteiger partial charge < -0.3 is 11.1 Å². The normalized spacial score (nSPS) is 13.0. The molecule has 0 aromatic heterocycles. The summed E-state index contributed by atoms with van der Waals surface area (Å²) in [6.07, 6.45) is 0. The Bertz CT molecular complexity index is 706. The molecule has 15 heteroatoms. The SMILES string of the molecule is NCCNCc1ccccc1.O=S(=O)(NS(=O)(=O)C(F)(F)F)C(F)(F)F. The minimum atomic E-state index is -6.60. The second-order valence-electron chi connectivity index (χ2n) is 4.43. The fourth-order valence-electron chi connectivity index (χ4n) is 1.17. The molecule has 0 aliphatic carbocycles. The fourth-order valence-corrected chi connectivity index (χ4v) is 3.08. The van der Waals surface area contributed by atoms with Gasteiger partial charge in [0.05, 0.1) is 0 Å². The summed E-state index contributed by atoms with van der Waals surface area (Å²) in [7, 11) is -13.2. The van der Waals surface area contributed by atoms with E-state index in [0.717, 1.165) is 13.1 Å². The second-order valence-corrected chi connectivity index (χ2v) is 8.04. The van der Waals surface area contributed by atoms with Gasteiger partial charge in [-0.25, -0.2) is 16.8 Å². The molecule has 0 radical (unpaired) electrons. The van der Waals surface area contributed by atoms with Crippen molar-refractivity contribution in [2.45, 2.75) is 17.6 Å². The van der Waals surface area contributed by atoms with Crippen LogP contribution in [0.15, 0.2) is 30.3 Å². The Balaban J connectivity index is 0.000000502. The molecule has 1 rings (SSSR count). The van der Waals surface area contributed by atoms with E-state index in [1.807, 2.05) is 18.2 Å². The first-order chi connectivity index (χ1) is 11.6. The third-order valence-electron chi connectivity index (χ3n) is 2.32. The lowest BCUT2D eigenvalue weighted by Crippen LogP contribution is -2.45. The van der Waals surface area contributed by atoms with Gasteiger partial charge in [0.1, 0.15) is 0 Å². The van der Waals surface area contributed by atoms with Gasteiger partial charge in [-0.1, -0.05) is 34.5 Å². The molecule has 7 nitrogen and oxygen atoms in total. The van der Waals surface area contributed by atoms with E-state index >= 15 is 0 Å². The molecule has 0 heterocycles. The van der Waals surface area contributed by atoms with Gasteiger partial charge in [-0.05, 0) is 5.56 Å². The molecule has 0 unspecified atom stereocenters. The lowest BCUT2D eigenvalue weighted by molar-refractivity contribution is -0.0476. The van der Waals surface area contributed by atoms with E-state index in [2.05, 4.69) is 17.4 Å². The van der Waals surface area contributed by atoms with E-state index in [1.54, 1.807) is 0 Å². The first-order valence-electron chi connectivity index (χ1n) is 6.50. The first-order valence-corrected chi connectivity index (χ1v) is 9.46. The first kappa shape index (κ1) is 24.6. The predicted octanol–water partition coefficient (Wildman–Crippen LogP) is 1.01. The van der Waals surface area contributed by atoms with Crippen molar-refractivity contribution in [3.63, 3.8) is 0 Å². The van der Waals surface area contributed by atoms with Crippen molar-refractivity contribution in [2.24, 2.45) is 5.73 Å². The van der Waals surface area contributed by atoms with Crippen molar-refractivity contribution >= 4 is 20.0 Å². The topological polar surface area (TPSA) is 118 Å². The Kier molecular flexibility index (Phi) is 8.98. The van der Waals surface area contributed by atoms with Crippen LogP contribution in [0, 0.1) is 0 Å². The number of halogens is 6. The molecule has 0 aliphatic rings. The van der Waals surface area contributed by atoms with Gasteiger partial charge >= 0.3 is 31.1 Å². The summed E-state index contributed by atoms with van der Waals surface area (Å²) in [5.74, 6) is 0. The molecule has 4 N–H and O–H groups in total. The second kappa shape index (κ2) is 9.50. The van der Waals surface area contributed by atoms with Crippen LogP contribution < -0.4 is 15.2 Å². The molecule has 0 atom stereocenters. The van der Waals surface area contributed by atoms with Gasteiger partial charge in [0.15, 0.2) is 0 Å². The quantitative estimate of drug-likeness (QED) is 0.457. The number of hydrogen-bond acceptors (Lipinski definition) is 6. The van der Waals surface area contributed by atoms with Crippen LogP contribution in [0.5, 0.6) is 0 Å². The Morgan fingerprint density at radius 1 is 0.846 bits per heavy atom. The highest BCUT2D eigenvalue weighted by molar-refractivity contribution is 8.05. The summed E-state index contributed by atoms with van der Waals surface area (Å²) in [4.78, 5) is 0. The fraction of sp³-hybridized carbons (Fsp3) is 0.455. The Labute approximate surface area is 145 Å². The maximum absolute atomic E-state index is 11.5. The maximum Gasteiger partial charge on any atom is 0.512 e. The molecule has 0 bridgehead atoms. The minimum Gasteiger partial charge on any atom is -0.329 e. The van der Waals surface area contributed by atoms with Gasteiger partial charge in [0, 0.05) is 19.6 Å². The molecule has 1 aromatic rings. The zero-order valence-electron chi connectivity index (χ0n) is 12.8. The molecule has 1 aromatic carbocycles. The molecular weight excluding hydrogens is 416 g/mol. The average Bonchev–Trinajstić information content (AvgIpc) is 2.46. The van der Waals surface area contributed by atoms with Crippen LogP contribution >= 0.6 is 0 Å². The summed E-state index contributed by atoms with van der Waals surface area (Å²) >= 11 is 0. The van der Waals surface area contributed by atoms with Crippen LogP contribution in [0.2, 0.25) is 0 Å². The average molecular weight is 431 g/mol. The molecule has 0 aliphatic heterocycles. The Morgan fingerprint density at radius 3 is 1.62 bits per heavy atom. The van der Waals surface area contributed by atoms with Crippen molar-refractivity contribution in [1.29, 1.82) is 0 Å². The van der Waals surface area contributed by atoms with Crippen LogP contribution in [0.1, 0.15) is 5.56 Å². The molecular formula is C11H15F6N3O4S2. The molecule has 0 amide bonds. The summed E-state index contributed by atoms with van der Waals surface area (Å²) in [5, 5.41) is 3.23. The predicted molar refractivity (Wildman–Crippen MR) is 80.3 cm³/mol. The van der Waals surface area contributed by atoms with Crippen molar-refractivity contribution < 1.29 is 43.2 Å². The van der Waals surface area contributed by atoms with E-state index in [9.17, 15) is 43.2 Å². The van der Waals surface area contributed by atoms with Gasteiger partial charge in [0.25, 0.3) is 0 Å². The van der Waals surface area contributed by atoms with E-state index in [1.165, 1.54) is 5.56 Å². The number of rotatable bonds is 6. The van der Waals surface area contributed by atoms with Crippen molar-refractivity contribution in [1.82, 2.24) is 9.44 Å². The molecule has 26 heavy (non-hydrogen) atoms. The summed E-state index contributed by atoms with van der Waals surface area (Å²) in [5.41, 5.74) is -5.66. The van der Waals surface area contributed by atoms with Crippen LogP contribution in [0.25, 0.3) is 0 Å². The highest BCUT2D eigenvalue weighted by Crippen LogP contribution is 2.27. The zero-order chi connectivity index (χ0) is 20.6. The van der Waals surface area contributed by atoms with Gasteiger partial charge in [0.2, 0.25) is 0 Å². The van der Waals surface area contributed by atoms with Gasteiger partial charge in [-0.3, -0.25) is 0 Å². The maximum atomic E-state index is 11.5. The van der Waals surface area contributed by atoms with Crippen LogP contribution in [-0.2, 0) is 26.6 Å². The van der Waals surface area contributed by atoms with Gasteiger partial charge in [-0.2, -0.15) is 26.3 Å². The summed E-state index contributed by atoms with van der Waals surface area (Å²) < 4.78 is 108. The molecule has 0 saturated heterocycles. The van der Waals surface area contributed by atoms with Crippen molar-refractivity contribution in [3.05, 3.63) is 35.9 Å². The monoisotopic (exact) mass is 431 g/mol. The standard InChI is InChI=1S/C9H14N2.C2HF6NO4S2/c10-6-7-11-8-9-4-2-1-3-5-9;3-1(4,5)14(10,11)9-15(12,13)2(6,7)8/h1-5,11H,6-8,10H2;9H. The van der Waals surface area contributed by atoms with Crippen LogP contribution in [0.3, 0.4) is 0 Å². The highest BCUT2D eigenvalue weighted by Gasteiger charge is 2.55. The lowest BCUT2D eigenvalue weighted by atomic mass is 10.2. The zero-order valence-corrected chi connectivity index (χ0v) is 14.4. The summed E-state index contributed by atoms with van der Waals surface area (Å²) in [6.45, 7) is 2.50. The van der Waals surface area contributed by atoms with E-state index in [0.29, 0.717) is 6.54 Å². The Morgan fingerprint density at radius 2 is 1.27 bits per heavy atom. The number of sulfonamides is 2. The highest BCUT2D eigenvalue weighted by atomic mass is 32.3. The Hall–Kier alpha value is -1.42. The lowest BCUT2D eigenvalue weighted by Gasteiger charge is -2.11. The summed E-state index contributed by atoms with van der Waals surface area (Å²) in [6, 6.07) is 10.3. The van der Waals surface area contributed by atoms with Crippen molar-refractivity contribution in [2.75, 3.05) is 13.1 Å². The van der Waals surface area contributed by atoms with Crippen LogP contribution in [0.4, 0.5) is 26.3 Å². The molecule has 0 saturated carbocycles. The number of nitrogens with one attached hydrogen (secondary N) is 2. The number of hydrogen-bond donors (Lipinski definition) is 3. The van der Waals surface area contributed by atoms with E-state index in [4.69, 9.17) is 5.73 Å². The van der Waals surface area contributed by atoms with Crippen molar-refractivity contribution in [3.8, 4) is 0 Å². The third-order valence-corrected chi connectivity index (χ3v) is 5.30. The van der Waals surface area contributed by atoms with E-state index in [-0.39, 0.29) is 0 Å². The third kappa shape index (κ3) is 8.31. The molecule has 152 valence electrons. The number of benzene rings is 1. The number of alkyl halides is 6. The van der Waals surface area contributed by atoms with Crippen LogP contribution in [-0.4, -0.2) is 40.9 Å². The van der Waals surface area contributed by atoms with Gasteiger partial charge in [-0.15, -0.1) is 0 Å². The largest absolute Gasteiger partial charge is 0.512 e. The number of nitrogens with two attached hydrogens (primary N) is 1.